The van der Waals surface area contributed by atoms with Gasteiger partial charge in [-0.15, -0.1) is 0 Å². The summed E-state index contributed by atoms with van der Waals surface area (Å²) in [6.07, 6.45) is 17.4. The van der Waals surface area contributed by atoms with Gasteiger partial charge in [0, 0.05) is 31.2 Å². The van der Waals surface area contributed by atoms with Crippen LogP contribution in [0.4, 0.5) is 0 Å². The largest absolute Gasteiger partial charge is 0.493 e. The van der Waals surface area contributed by atoms with Crippen LogP contribution in [0.3, 0.4) is 0 Å². The Morgan fingerprint density at radius 3 is 1.25 bits per heavy atom. The number of amides is 1. The van der Waals surface area contributed by atoms with E-state index < -0.39 is 15.9 Å². The number of rotatable bonds is 18. The van der Waals surface area contributed by atoms with Crippen LogP contribution in [0.25, 0.3) is 0 Å². The number of carbonyl (C=O) groups is 1. The van der Waals surface area contributed by atoms with Gasteiger partial charge in [0.1, 0.15) is 49.4 Å². The predicted molar refractivity (Wildman–Crippen MR) is 287 cm³/mol. The maximum atomic E-state index is 12.8. The number of ether oxygens (including phenoxy) is 8. The molecule has 0 unspecified atom stereocenters. The molecule has 394 valence electrons. The highest BCUT2D eigenvalue weighted by molar-refractivity contribution is 7.89. The average Bonchev–Trinajstić information content (AvgIpc) is 3.37. The zero-order chi connectivity index (χ0) is 51.1. The van der Waals surface area contributed by atoms with E-state index in [1.807, 2.05) is 4.72 Å². The molecule has 0 spiro atoms. The highest BCUT2D eigenvalue weighted by atomic mass is 32.2. The molecule has 12 nitrogen and oxygen atoms in total. The Bertz CT molecular complexity index is 2520. The van der Waals surface area contributed by atoms with E-state index in [4.69, 9.17) is 37.9 Å². The molecule has 0 saturated heterocycles. The van der Waals surface area contributed by atoms with Crippen molar-refractivity contribution in [3.63, 3.8) is 0 Å². The lowest BCUT2D eigenvalue weighted by molar-refractivity contribution is 0.0695. The fraction of sp³-hybridized carbons (Fsp3) is 0.483. The number of hydrogen-bond acceptors (Lipinski definition) is 11. The van der Waals surface area contributed by atoms with Crippen molar-refractivity contribution in [3.05, 3.63) is 141 Å². The van der Waals surface area contributed by atoms with Gasteiger partial charge in [-0.25, -0.2) is 13.1 Å². The van der Waals surface area contributed by atoms with Crippen LogP contribution in [-0.2, 0) is 45.2 Å². The van der Waals surface area contributed by atoms with Gasteiger partial charge < -0.3 is 37.9 Å². The average molecular weight is 1020 g/mol. The summed E-state index contributed by atoms with van der Waals surface area (Å²) in [6.45, 7) is 7.67. The third-order valence-electron chi connectivity index (χ3n) is 13.1. The Morgan fingerprint density at radius 1 is 0.466 bits per heavy atom. The molecule has 73 heavy (non-hydrogen) atoms. The third kappa shape index (κ3) is 17.2. The summed E-state index contributed by atoms with van der Waals surface area (Å²) in [4.78, 5) is 12.8. The van der Waals surface area contributed by atoms with Crippen LogP contribution in [0.2, 0.25) is 0 Å². The second-order valence-corrected chi connectivity index (χ2v) is 20.8. The predicted octanol–water partition coefficient (Wildman–Crippen LogP) is 11.8. The van der Waals surface area contributed by atoms with E-state index in [0.29, 0.717) is 57.9 Å². The zero-order valence-corrected chi connectivity index (χ0v) is 44.3. The van der Waals surface area contributed by atoms with Crippen LogP contribution < -0.4 is 33.1 Å². The Labute approximate surface area is 434 Å². The minimum atomic E-state index is -3.79. The lowest BCUT2D eigenvalue weighted by Crippen LogP contribution is -2.29. The van der Waals surface area contributed by atoms with Crippen LogP contribution in [0, 0.1) is 0 Å². The molecule has 0 fully saturated rings. The highest BCUT2D eigenvalue weighted by Crippen LogP contribution is 2.39. The number of sulfonamides is 1. The fourth-order valence-electron chi connectivity index (χ4n) is 9.48. The molecule has 1 amide bonds. The lowest BCUT2D eigenvalue weighted by Gasteiger charge is -2.23. The molecule has 0 atom stereocenters. The molecule has 8 rings (SSSR count). The Kier molecular flexibility index (Phi) is 22.0. The van der Waals surface area contributed by atoms with Crippen LogP contribution >= 0.6 is 0 Å². The molecule has 13 heteroatoms. The summed E-state index contributed by atoms with van der Waals surface area (Å²) in [6, 6.07) is 30.4. The highest BCUT2D eigenvalue weighted by Gasteiger charge is 2.23. The number of benzene rings is 5. The molecule has 3 aliphatic rings. The van der Waals surface area contributed by atoms with Crippen molar-refractivity contribution in [2.75, 3.05) is 72.3 Å². The summed E-state index contributed by atoms with van der Waals surface area (Å²) < 4.78 is 77.6. The van der Waals surface area contributed by atoms with Gasteiger partial charge in [-0.2, -0.15) is 0 Å². The number of carbonyl (C=O) groups excluding carboxylic acids is 1. The van der Waals surface area contributed by atoms with Gasteiger partial charge in [0.2, 0.25) is 10.0 Å². The van der Waals surface area contributed by atoms with Gasteiger partial charge in [0.25, 0.3) is 5.91 Å². The van der Waals surface area contributed by atoms with Gasteiger partial charge in [0.05, 0.1) is 45.9 Å². The number of para-hydroxylation sites is 4. The molecule has 1 aliphatic carbocycles. The summed E-state index contributed by atoms with van der Waals surface area (Å²) in [5, 5.41) is 0. The van der Waals surface area contributed by atoms with E-state index in [-0.39, 0.29) is 51.0 Å². The van der Waals surface area contributed by atoms with Crippen LogP contribution in [-0.4, -0.2) is 86.6 Å². The monoisotopic (exact) mass is 1020 g/mol. The van der Waals surface area contributed by atoms with E-state index in [1.165, 1.54) is 63.5 Å². The van der Waals surface area contributed by atoms with Crippen molar-refractivity contribution in [2.45, 2.75) is 117 Å². The third-order valence-corrected chi connectivity index (χ3v) is 13.7. The second-order valence-electron chi connectivity index (χ2n) is 19.0. The normalized spacial score (nSPS) is 14.6. The first-order valence-corrected chi connectivity index (χ1v) is 28.6. The van der Waals surface area contributed by atoms with Crippen molar-refractivity contribution in [2.24, 2.45) is 0 Å². The minimum Gasteiger partial charge on any atom is -0.493 e. The maximum absolute atomic E-state index is 12.8. The second kappa shape index (κ2) is 29.2. The molecule has 1 N–H and O–H groups in total. The molecule has 0 aromatic heterocycles. The van der Waals surface area contributed by atoms with Crippen molar-refractivity contribution < 1.29 is 51.1 Å². The maximum Gasteiger partial charge on any atom is 0.264 e. The molecule has 2 heterocycles. The van der Waals surface area contributed by atoms with Crippen LogP contribution in [0.15, 0.2) is 91.0 Å². The first kappa shape index (κ1) is 55.0. The summed E-state index contributed by atoms with van der Waals surface area (Å²) in [5.74, 6) is 3.31. The van der Waals surface area contributed by atoms with E-state index in [0.717, 1.165) is 99.4 Å². The van der Waals surface area contributed by atoms with E-state index >= 15 is 0 Å². The van der Waals surface area contributed by atoms with Crippen LogP contribution in [0.1, 0.15) is 146 Å². The molecule has 10 bridgehead atoms. The smallest absolute Gasteiger partial charge is 0.264 e. The first-order chi connectivity index (χ1) is 35.7. The SMILES string of the molecule is CCCCCCCCOc1c2cccc1Cc1cccc3c1OCCOCCOc1cc(C(=O)NS(C)(=O)=O)ccc1OCCOCCOc1c(cccc1Cc1cccc(c1OCCCCCCCC)C3)C2. The van der Waals surface area contributed by atoms with Gasteiger partial charge in [0.15, 0.2) is 11.5 Å². The Balaban J connectivity index is 1.25. The number of fused-ring (bicyclic) bond motifs is 12. The molecule has 0 radical (unpaired) electrons. The number of unbranched alkanes of at least 4 members (excludes halogenated alkanes) is 10. The van der Waals surface area contributed by atoms with Crippen LogP contribution in [0.5, 0.6) is 34.5 Å². The van der Waals surface area contributed by atoms with Gasteiger partial charge in [-0.3, -0.25) is 4.79 Å². The summed E-state index contributed by atoms with van der Waals surface area (Å²) in [7, 11) is -3.79. The van der Waals surface area contributed by atoms with Gasteiger partial charge in [-0.05, 0) is 75.5 Å². The molecule has 5 aromatic rings. The van der Waals surface area contributed by atoms with E-state index in [1.54, 1.807) is 6.07 Å². The quantitative estimate of drug-likeness (QED) is 0.0651. The van der Waals surface area contributed by atoms with Crippen molar-refractivity contribution in [1.29, 1.82) is 0 Å². The van der Waals surface area contributed by atoms with E-state index in [2.05, 4.69) is 86.6 Å². The molecule has 0 saturated carbocycles. The minimum absolute atomic E-state index is 0.100. The Hall–Kier alpha value is -5.76. The first-order valence-electron chi connectivity index (χ1n) is 26.7. The lowest BCUT2D eigenvalue weighted by atomic mass is 9.91. The standard InChI is InChI=1S/C60H77NO11S/c1-4-6-8-10-12-14-30-69-56-45-20-16-22-47(56)42-51-26-19-27-52-43-48-23-17-21-46(57(48)70-31-15-13-11-9-7-5-2)41-50-25-18-24-49(40-45)58(50)71-38-34-65-32-36-67-54-29-28-53(60(62)61-73(3,63)64)44-55(54)68-37-33-66-35-39-72-59(51)52/h16-29,44H,4-15,30-43H2,1-3H3,(H,61,62). The fourth-order valence-corrected chi connectivity index (χ4v) is 9.94. The summed E-state index contributed by atoms with van der Waals surface area (Å²) in [5.41, 5.74) is 8.67. The zero-order valence-electron chi connectivity index (χ0n) is 43.4. The topological polar surface area (TPSA) is 137 Å². The molecular formula is C60H77NO11S. The van der Waals surface area contributed by atoms with Crippen molar-refractivity contribution >= 4 is 15.9 Å². The molecule has 2 aliphatic heterocycles. The Morgan fingerprint density at radius 2 is 0.836 bits per heavy atom. The van der Waals surface area contributed by atoms with Crippen molar-refractivity contribution in [1.82, 2.24) is 4.72 Å². The number of nitrogens with one attached hydrogen (secondary N) is 1. The summed E-state index contributed by atoms with van der Waals surface area (Å²) >= 11 is 0. The van der Waals surface area contributed by atoms with E-state index in [9.17, 15) is 13.2 Å². The number of hydrogen-bond donors (Lipinski definition) is 1. The molecular weight excluding hydrogens is 943 g/mol. The molecule has 5 aromatic carbocycles. The van der Waals surface area contributed by atoms with Gasteiger partial charge in [-0.1, -0.05) is 151 Å². The van der Waals surface area contributed by atoms with Crippen molar-refractivity contribution in [3.8, 4) is 34.5 Å². The van der Waals surface area contributed by atoms with Gasteiger partial charge >= 0.3 is 0 Å².